The van der Waals surface area contributed by atoms with Gasteiger partial charge in [0.1, 0.15) is 0 Å². The summed E-state index contributed by atoms with van der Waals surface area (Å²) in [5.74, 6) is -0.355. The second kappa shape index (κ2) is 5.26. The maximum atomic E-state index is 11.9. The van der Waals surface area contributed by atoms with Crippen molar-refractivity contribution in [2.45, 2.75) is 11.8 Å². The number of benzene rings is 1. The Morgan fingerprint density at radius 3 is 2.45 bits per heavy atom. The zero-order valence-corrected chi connectivity index (χ0v) is 12.6. The van der Waals surface area contributed by atoms with Crippen LogP contribution in [0.1, 0.15) is 10.4 Å². The van der Waals surface area contributed by atoms with Crippen LogP contribution >= 0.6 is 11.3 Å². The van der Waals surface area contributed by atoms with Crippen molar-refractivity contribution < 1.29 is 8.42 Å². The maximum absolute atomic E-state index is 11.9. The summed E-state index contributed by atoms with van der Waals surface area (Å²) in [5, 5.41) is 12.8. The van der Waals surface area contributed by atoms with Gasteiger partial charge in [-0.05, 0) is 35.6 Å². The number of nitrogens with one attached hydrogen (secondary N) is 2. The molecule has 0 unspecified atom stereocenters. The number of rotatable bonds is 3. The molecule has 0 saturated carbocycles. The van der Waals surface area contributed by atoms with E-state index in [1.54, 1.807) is 23.5 Å². The van der Waals surface area contributed by atoms with E-state index in [0.29, 0.717) is 5.56 Å². The largest absolute Gasteiger partial charge is 0.281 e. The Bertz CT molecular complexity index is 792. The third-order valence-electron chi connectivity index (χ3n) is 2.92. The van der Waals surface area contributed by atoms with Gasteiger partial charge in [0.2, 0.25) is 0 Å². The molecule has 0 radical (unpaired) electrons. The van der Waals surface area contributed by atoms with Crippen molar-refractivity contribution in [1.82, 2.24) is 0 Å². The minimum atomic E-state index is -3.50. The number of hydrogen-bond donors (Lipinski definition) is 2. The molecule has 0 amide bonds. The molecule has 2 N–H and O–H groups in total. The van der Waals surface area contributed by atoms with E-state index in [1.165, 1.54) is 6.07 Å². The molecule has 0 aliphatic rings. The maximum Gasteiger partial charge on any atom is 0.176 e. The fourth-order valence-corrected chi connectivity index (χ4v) is 3.65. The van der Waals surface area contributed by atoms with Gasteiger partial charge in [0.05, 0.1) is 4.90 Å². The third kappa shape index (κ3) is 2.54. The lowest BCUT2D eigenvalue weighted by Gasteiger charge is -2.12. The number of hydrogen-bond acceptors (Lipinski definition) is 5. The normalized spacial score (nSPS) is 11.3. The molecule has 1 heterocycles. The van der Waals surface area contributed by atoms with E-state index in [0.717, 1.165) is 16.7 Å². The van der Waals surface area contributed by atoms with Crippen molar-refractivity contribution in [3.05, 3.63) is 40.1 Å². The number of sulfone groups is 1. The number of amidine groups is 1. The monoisotopic (exact) mass is 307 g/mol. The van der Waals surface area contributed by atoms with Gasteiger partial charge in [0, 0.05) is 16.7 Å². The van der Waals surface area contributed by atoms with E-state index in [9.17, 15) is 8.42 Å². The van der Waals surface area contributed by atoms with Crippen LogP contribution in [0.15, 0.2) is 39.7 Å². The Hall–Kier alpha value is -1.86. The summed E-state index contributed by atoms with van der Waals surface area (Å²) >= 11 is 1.54. The predicted molar refractivity (Wildman–Crippen MR) is 79.6 cm³/mol. The van der Waals surface area contributed by atoms with Crippen molar-refractivity contribution in [3.8, 4) is 11.1 Å². The minimum absolute atomic E-state index is 0.0293. The summed E-state index contributed by atoms with van der Waals surface area (Å²) in [7, 11) is -3.50. The van der Waals surface area contributed by atoms with E-state index < -0.39 is 9.84 Å². The second-order valence-electron chi connectivity index (χ2n) is 4.30. The zero-order valence-electron chi connectivity index (χ0n) is 11.0. The first-order valence-electron chi connectivity index (χ1n) is 5.70. The highest BCUT2D eigenvalue weighted by Gasteiger charge is 2.21. The quantitative estimate of drug-likeness (QED) is 0.516. The smallest absolute Gasteiger partial charge is 0.176 e. The fourth-order valence-electron chi connectivity index (χ4n) is 2.03. The SMILES string of the molecule is Cc1sccc1-c1cccc(S(C)(=O)=O)c1C(=N)N=N. The predicted octanol–water partition coefficient (Wildman–Crippen LogP) is 3.48. The Morgan fingerprint density at radius 1 is 1.25 bits per heavy atom. The lowest BCUT2D eigenvalue weighted by Crippen LogP contribution is -2.08. The summed E-state index contributed by atoms with van der Waals surface area (Å²) in [6.07, 6.45) is 1.09. The van der Waals surface area contributed by atoms with Crippen LogP contribution < -0.4 is 0 Å². The zero-order chi connectivity index (χ0) is 14.9. The highest BCUT2D eigenvalue weighted by Crippen LogP contribution is 2.33. The van der Waals surface area contributed by atoms with Crippen LogP contribution in [0.3, 0.4) is 0 Å². The lowest BCUT2D eigenvalue weighted by atomic mass is 10.00. The summed E-state index contributed by atoms with van der Waals surface area (Å²) in [6, 6.07) is 6.71. The van der Waals surface area contributed by atoms with Gasteiger partial charge in [-0.25, -0.2) is 13.9 Å². The number of aryl methyl sites for hydroxylation is 1. The van der Waals surface area contributed by atoms with Crippen LogP contribution in [0, 0.1) is 17.9 Å². The van der Waals surface area contributed by atoms with Gasteiger partial charge in [0.15, 0.2) is 15.7 Å². The van der Waals surface area contributed by atoms with E-state index in [-0.39, 0.29) is 16.3 Å². The van der Waals surface area contributed by atoms with Gasteiger partial charge in [-0.1, -0.05) is 12.1 Å². The van der Waals surface area contributed by atoms with Crippen LogP contribution in [-0.2, 0) is 9.84 Å². The molecular formula is C13H13N3O2S2. The average Bonchev–Trinajstić information content (AvgIpc) is 2.82. The molecule has 0 atom stereocenters. The van der Waals surface area contributed by atoms with Crippen molar-refractivity contribution in [2.75, 3.05) is 6.26 Å². The van der Waals surface area contributed by atoms with Crippen LogP contribution in [0.4, 0.5) is 0 Å². The van der Waals surface area contributed by atoms with Gasteiger partial charge in [-0.2, -0.15) is 0 Å². The molecule has 0 bridgehead atoms. The molecule has 0 aliphatic carbocycles. The van der Waals surface area contributed by atoms with Gasteiger partial charge in [-0.15, -0.1) is 16.5 Å². The first-order chi connectivity index (χ1) is 9.36. The first-order valence-corrected chi connectivity index (χ1v) is 8.47. The molecule has 7 heteroatoms. The minimum Gasteiger partial charge on any atom is -0.281 e. The third-order valence-corrected chi connectivity index (χ3v) is 4.91. The number of nitrogens with zero attached hydrogens (tertiary/aromatic N) is 1. The molecule has 1 aromatic heterocycles. The van der Waals surface area contributed by atoms with Crippen molar-refractivity contribution in [1.29, 1.82) is 10.9 Å². The Balaban J connectivity index is 2.86. The Labute approximate surface area is 121 Å². The lowest BCUT2D eigenvalue weighted by molar-refractivity contribution is 0.601. The highest BCUT2D eigenvalue weighted by molar-refractivity contribution is 7.90. The van der Waals surface area contributed by atoms with Crippen molar-refractivity contribution >= 4 is 27.0 Å². The van der Waals surface area contributed by atoms with Crippen LogP contribution in [0.25, 0.3) is 11.1 Å². The van der Waals surface area contributed by atoms with Crippen LogP contribution in [-0.4, -0.2) is 20.5 Å². The molecule has 2 rings (SSSR count). The molecule has 20 heavy (non-hydrogen) atoms. The van der Waals surface area contributed by atoms with E-state index in [2.05, 4.69) is 5.11 Å². The molecule has 0 fully saturated rings. The molecule has 0 spiro atoms. The van der Waals surface area contributed by atoms with E-state index in [1.807, 2.05) is 18.4 Å². The first kappa shape index (κ1) is 14.5. The standard InChI is InChI=1S/C13H13N3O2S2/c1-8-9(6-7-19-8)10-4-3-5-11(20(2,17)18)12(10)13(14)16-15/h3-7,14-15H,1-2H3. The Morgan fingerprint density at radius 2 is 1.95 bits per heavy atom. The number of thiophene rings is 1. The summed E-state index contributed by atoms with van der Waals surface area (Å²) < 4.78 is 23.8. The van der Waals surface area contributed by atoms with Crippen molar-refractivity contribution in [2.24, 2.45) is 5.11 Å². The van der Waals surface area contributed by atoms with E-state index in [4.69, 9.17) is 10.9 Å². The van der Waals surface area contributed by atoms with Gasteiger partial charge < -0.3 is 0 Å². The molecule has 0 aliphatic heterocycles. The molecular weight excluding hydrogens is 294 g/mol. The second-order valence-corrected chi connectivity index (χ2v) is 7.41. The van der Waals surface area contributed by atoms with Gasteiger partial charge in [-0.3, -0.25) is 5.41 Å². The highest BCUT2D eigenvalue weighted by atomic mass is 32.2. The Kier molecular flexibility index (Phi) is 3.82. The average molecular weight is 307 g/mol. The molecule has 5 nitrogen and oxygen atoms in total. The summed E-state index contributed by atoms with van der Waals surface area (Å²) in [5.41, 5.74) is 8.70. The topological polar surface area (TPSA) is 94.2 Å². The molecule has 0 saturated heterocycles. The van der Waals surface area contributed by atoms with E-state index >= 15 is 0 Å². The molecule has 2 aromatic rings. The van der Waals surface area contributed by atoms with Crippen LogP contribution in [0.5, 0.6) is 0 Å². The fraction of sp³-hybridized carbons (Fsp3) is 0.154. The van der Waals surface area contributed by atoms with Gasteiger partial charge >= 0.3 is 0 Å². The summed E-state index contributed by atoms with van der Waals surface area (Å²) in [6.45, 7) is 1.93. The van der Waals surface area contributed by atoms with Crippen molar-refractivity contribution in [3.63, 3.8) is 0 Å². The molecule has 1 aromatic carbocycles. The summed E-state index contributed by atoms with van der Waals surface area (Å²) in [4.78, 5) is 1.05. The molecule has 104 valence electrons. The van der Waals surface area contributed by atoms with Crippen LogP contribution in [0.2, 0.25) is 0 Å². The van der Waals surface area contributed by atoms with Gasteiger partial charge in [0.25, 0.3) is 0 Å².